The summed E-state index contributed by atoms with van der Waals surface area (Å²) in [7, 11) is 0. The van der Waals surface area contributed by atoms with E-state index in [1.807, 2.05) is 0 Å². The predicted molar refractivity (Wildman–Crippen MR) is 85.0 cm³/mol. The third-order valence-electron chi connectivity index (χ3n) is 5.39. The number of hydrogen-bond acceptors (Lipinski definition) is 2. The molecule has 3 rings (SSSR count). The summed E-state index contributed by atoms with van der Waals surface area (Å²) < 4.78 is 0. The Kier molecular flexibility index (Phi) is 4.13. The van der Waals surface area contributed by atoms with Gasteiger partial charge in [-0.2, -0.15) is 0 Å². The summed E-state index contributed by atoms with van der Waals surface area (Å²) in [6.45, 7) is 9.43. The van der Waals surface area contributed by atoms with Crippen molar-refractivity contribution in [1.82, 2.24) is 10.2 Å². The lowest BCUT2D eigenvalue weighted by molar-refractivity contribution is 0.109. The maximum Gasteiger partial charge on any atom is 0.0221 e. The van der Waals surface area contributed by atoms with Gasteiger partial charge in [0.2, 0.25) is 0 Å². The molecule has 2 nitrogen and oxygen atoms in total. The van der Waals surface area contributed by atoms with E-state index in [-0.39, 0.29) is 0 Å². The fraction of sp³-hybridized carbons (Fsp3) is 0.667. The molecule has 20 heavy (non-hydrogen) atoms. The average molecular weight is 272 g/mol. The Bertz CT molecular complexity index is 430. The first-order valence-electron chi connectivity index (χ1n) is 8.24. The second kappa shape index (κ2) is 5.87. The van der Waals surface area contributed by atoms with Crippen LogP contribution in [0.1, 0.15) is 45.1 Å². The van der Waals surface area contributed by atoms with Crippen LogP contribution >= 0.6 is 0 Å². The van der Waals surface area contributed by atoms with Gasteiger partial charge in [-0.25, -0.2) is 0 Å². The van der Waals surface area contributed by atoms with Gasteiger partial charge >= 0.3 is 0 Å². The second-order valence-corrected chi connectivity index (χ2v) is 6.77. The monoisotopic (exact) mass is 272 g/mol. The van der Waals surface area contributed by atoms with E-state index in [9.17, 15) is 0 Å². The van der Waals surface area contributed by atoms with Crippen molar-refractivity contribution in [2.75, 3.05) is 13.1 Å². The van der Waals surface area contributed by atoms with Crippen molar-refractivity contribution >= 4 is 0 Å². The Labute approximate surface area is 123 Å². The van der Waals surface area contributed by atoms with Crippen molar-refractivity contribution in [3.05, 3.63) is 35.9 Å². The quantitative estimate of drug-likeness (QED) is 0.905. The van der Waals surface area contributed by atoms with Gasteiger partial charge in [0, 0.05) is 37.1 Å². The van der Waals surface area contributed by atoms with Crippen LogP contribution in [0.25, 0.3) is 0 Å². The maximum atomic E-state index is 3.75. The molecule has 0 spiro atoms. The Morgan fingerprint density at radius 1 is 1.30 bits per heavy atom. The van der Waals surface area contributed by atoms with Crippen molar-refractivity contribution < 1.29 is 0 Å². The zero-order valence-corrected chi connectivity index (χ0v) is 13.0. The lowest BCUT2D eigenvalue weighted by Crippen LogP contribution is -2.58. The zero-order valence-electron chi connectivity index (χ0n) is 13.0. The number of piperazine rings is 1. The number of nitrogens with zero attached hydrogens (tertiary/aromatic N) is 1. The standard InChI is InChI=1S/C18H28N2/c1-4-13(2)17-12-20(14(3)11-19-17)18-10-16(18)15-8-6-5-7-9-15/h5-9,13-14,16-19H,4,10-12H2,1-3H3. The molecule has 1 aromatic carbocycles. The van der Waals surface area contributed by atoms with E-state index in [0.717, 1.165) is 24.4 Å². The van der Waals surface area contributed by atoms with Crippen molar-refractivity contribution in [3.8, 4) is 0 Å². The number of benzene rings is 1. The lowest BCUT2D eigenvalue weighted by Gasteiger charge is -2.41. The Balaban J connectivity index is 1.65. The average Bonchev–Trinajstić information content (AvgIpc) is 3.28. The fourth-order valence-electron chi connectivity index (χ4n) is 3.65. The smallest absolute Gasteiger partial charge is 0.0221 e. The van der Waals surface area contributed by atoms with Gasteiger partial charge in [0.25, 0.3) is 0 Å². The summed E-state index contributed by atoms with van der Waals surface area (Å²) in [4.78, 5) is 2.77. The van der Waals surface area contributed by atoms with Crippen molar-refractivity contribution in [3.63, 3.8) is 0 Å². The first-order valence-corrected chi connectivity index (χ1v) is 8.24. The molecule has 1 aliphatic carbocycles. The van der Waals surface area contributed by atoms with Gasteiger partial charge in [0.05, 0.1) is 0 Å². The summed E-state index contributed by atoms with van der Waals surface area (Å²) in [6, 6.07) is 13.2. The van der Waals surface area contributed by atoms with Crippen LogP contribution in [-0.4, -0.2) is 36.1 Å². The molecular weight excluding hydrogens is 244 g/mol. The van der Waals surface area contributed by atoms with Crippen LogP contribution in [0.15, 0.2) is 30.3 Å². The van der Waals surface area contributed by atoms with Gasteiger partial charge in [-0.3, -0.25) is 4.90 Å². The van der Waals surface area contributed by atoms with Crippen molar-refractivity contribution in [1.29, 1.82) is 0 Å². The highest BCUT2D eigenvalue weighted by molar-refractivity contribution is 5.28. The topological polar surface area (TPSA) is 15.3 Å². The minimum absolute atomic E-state index is 0.674. The van der Waals surface area contributed by atoms with Crippen LogP contribution in [0.3, 0.4) is 0 Å². The second-order valence-electron chi connectivity index (χ2n) is 6.77. The molecule has 1 aliphatic heterocycles. The molecular formula is C18H28N2. The highest BCUT2D eigenvalue weighted by Crippen LogP contribution is 2.45. The van der Waals surface area contributed by atoms with Crippen LogP contribution in [0, 0.1) is 5.92 Å². The summed E-state index contributed by atoms with van der Waals surface area (Å²) in [5, 5.41) is 3.75. The molecule has 5 atom stereocenters. The third kappa shape index (κ3) is 2.77. The largest absolute Gasteiger partial charge is 0.311 e. The molecule has 0 bridgehead atoms. The van der Waals surface area contributed by atoms with Gasteiger partial charge in [-0.15, -0.1) is 0 Å². The highest BCUT2D eigenvalue weighted by atomic mass is 15.3. The molecule has 0 amide bonds. The van der Waals surface area contributed by atoms with Gasteiger partial charge in [-0.05, 0) is 24.8 Å². The Hall–Kier alpha value is -0.860. The molecule has 110 valence electrons. The summed E-state index contributed by atoms with van der Waals surface area (Å²) >= 11 is 0. The third-order valence-corrected chi connectivity index (χ3v) is 5.39. The summed E-state index contributed by atoms with van der Waals surface area (Å²) in [5.41, 5.74) is 1.53. The van der Waals surface area contributed by atoms with Gasteiger partial charge in [0.1, 0.15) is 0 Å². The van der Waals surface area contributed by atoms with E-state index in [1.54, 1.807) is 0 Å². The molecule has 5 unspecified atom stereocenters. The van der Waals surface area contributed by atoms with Crippen LogP contribution in [0.5, 0.6) is 0 Å². The van der Waals surface area contributed by atoms with Crippen LogP contribution in [-0.2, 0) is 0 Å². The first kappa shape index (κ1) is 14.1. The predicted octanol–water partition coefficient (Wildman–Crippen LogP) is 3.25. The van der Waals surface area contributed by atoms with Gasteiger partial charge in [0.15, 0.2) is 0 Å². The zero-order chi connectivity index (χ0) is 14.1. The van der Waals surface area contributed by atoms with Gasteiger partial charge in [-0.1, -0.05) is 50.6 Å². The summed E-state index contributed by atoms with van der Waals surface area (Å²) in [6.07, 6.45) is 2.62. The molecule has 0 aromatic heterocycles. The van der Waals surface area contributed by atoms with E-state index >= 15 is 0 Å². The van der Waals surface area contributed by atoms with E-state index in [4.69, 9.17) is 0 Å². The molecule has 1 saturated carbocycles. The van der Waals surface area contributed by atoms with E-state index in [0.29, 0.717) is 12.1 Å². The van der Waals surface area contributed by atoms with Crippen LogP contribution in [0.2, 0.25) is 0 Å². The molecule has 1 heterocycles. The SMILES string of the molecule is CCC(C)C1CN(C2CC2c2ccccc2)C(C)CN1. The maximum absolute atomic E-state index is 3.75. The molecule has 2 fully saturated rings. The minimum Gasteiger partial charge on any atom is -0.311 e. The molecule has 2 heteroatoms. The van der Waals surface area contributed by atoms with Crippen molar-refractivity contribution in [2.24, 2.45) is 5.92 Å². The van der Waals surface area contributed by atoms with E-state index in [1.165, 1.54) is 24.9 Å². The molecule has 1 saturated heterocycles. The molecule has 0 radical (unpaired) electrons. The number of nitrogens with one attached hydrogen (secondary N) is 1. The minimum atomic E-state index is 0.674. The number of hydrogen-bond donors (Lipinski definition) is 1. The normalized spacial score (nSPS) is 35.8. The fourth-order valence-corrected chi connectivity index (χ4v) is 3.65. The van der Waals surface area contributed by atoms with Gasteiger partial charge < -0.3 is 5.32 Å². The van der Waals surface area contributed by atoms with E-state index < -0.39 is 0 Å². The van der Waals surface area contributed by atoms with Crippen molar-refractivity contribution in [2.45, 2.75) is 57.7 Å². The number of rotatable bonds is 4. The molecule has 2 aliphatic rings. The Morgan fingerprint density at radius 3 is 2.75 bits per heavy atom. The van der Waals surface area contributed by atoms with Crippen LogP contribution < -0.4 is 5.32 Å². The Morgan fingerprint density at radius 2 is 2.05 bits per heavy atom. The summed E-state index contributed by atoms with van der Waals surface area (Å²) in [5.74, 6) is 1.55. The lowest BCUT2D eigenvalue weighted by atomic mass is 9.95. The molecule has 1 N–H and O–H groups in total. The van der Waals surface area contributed by atoms with Crippen LogP contribution in [0.4, 0.5) is 0 Å². The first-order chi connectivity index (χ1) is 9.70. The highest BCUT2D eigenvalue weighted by Gasteiger charge is 2.46. The van der Waals surface area contributed by atoms with E-state index in [2.05, 4.69) is 61.3 Å². The molecule has 1 aromatic rings.